The smallest absolute Gasteiger partial charge is 0.329 e. The molecule has 0 aliphatic rings. The van der Waals surface area contributed by atoms with Gasteiger partial charge in [0.05, 0.1) is 0 Å². The van der Waals surface area contributed by atoms with E-state index in [9.17, 15) is 4.79 Å². The third-order valence-electron chi connectivity index (χ3n) is 1.01. The molecule has 0 bridgehead atoms. The molecule has 0 atom stereocenters. The van der Waals surface area contributed by atoms with Crippen molar-refractivity contribution in [1.82, 2.24) is 15.0 Å². The molecule has 5 heteroatoms. The monoisotopic (exact) mass is 146 g/mol. The van der Waals surface area contributed by atoms with E-state index in [-0.39, 0.29) is 6.03 Å². The lowest BCUT2D eigenvalue weighted by molar-refractivity contribution is 0.0475. The SMILES string of the molecule is CN(C)C(=O)N(N)N(C)C. The first-order valence-electron chi connectivity index (χ1n) is 2.90. The third-order valence-corrected chi connectivity index (χ3v) is 1.01. The molecule has 10 heavy (non-hydrogen) atoms. The molecule has 2 amide bonds. The number of nitrogens with zero attached hydrogens (tertiary/aromatic N) is 3. The number of urea groups is 1. The summed E-state index contributed by atoms with van der Waals surface area (Å²) in [5.74, 6) is 5.33. The molecule has 0 saturated heterocycles. The predicted molar refractivity (Wildman–Crippen MR) is 38.8 cm³/mol. The van der Waals surface area contributed by atoms with E-state index in [0.717, 1.165) is 5.12 Å². The van der Waals surface area contributed by atoms with Gasteiger partial charge in [-0.1, -0.05) is 0 Å². The largest absolute Gasteiger partial charge is 0.348 e. The normalized spacial score (nSPS) is 9.80. The first-order chi connectivity index (χ1) is 4.46. The summed E-state index contributed by atoms with van der Waals surface area (Å²) in [7, 11) is 6.68. The molecular formula is C5H14N4O. The summed E-state index contributed by atoms with van der Waals surface area (Å²) in [6.45, 7) is 0. The summed E-state index contributed by atoms with van der Waals surface area (Å²) in [5, 5.41) is 2.53. The van der Waals surface area contributed by atoms with Crippen molar-refractivity contribution in [3.63, 3.8) is 0 Å². The molecule has 0 aliphatic heterocycles. The second-order valence-electron chi connectivity index (χ2n) is 2.37. The van der Waals surface area contributed by atoms with Crippen molar-refractivity contribution in [1.29, 1.82) is 0 Å². The first kappa shape index (κ1) is 9.19. The van der Waals surface area contributed by atoms with Crippen molar-refractivity contribution in [2.75, 3.05) is 28.2 Å². The van der Waals surface area contributed by atoms with Gasteiger partial charge >= 0.3 is 6.03 Å². The molecule has 0 radical (unpaired) electrons. The highest BCUT2D eigenvalue weighted by Gasteiger charge is 2.12. The van der Waals surface area contributed by atoms with Crippen LogP contribution in [0, 0.1) is 0 Å². The lowest BCUT2D eigenvalue weighted by Crippen LogP contribution is -2.51. The zero-order valence-corrected chi connectivity index (χ0v) is 6.83. The molecule has 0 fully saturated rings. The summed E-state index contributed by atoms with van der Waals surface area (Å²) in [6, 6.07) is -0.245. The van der Waals surface area contributed by atoms with Crippen LogP contribution in [-0.4, -0.2) is 49.2 Å². The van der Waals surface area contributed by atoms with Crippen LogP contribution < -0.4 is 5.84 Å². The van der Waals surface area contributed by atoms with Crippen LogP contribution in [0.15, 0.2) is 0 Å². The number of hydrazine groups is 2. The molecule has 2 N–H and O–H groups in total. The number of rotatable bonds is 1. The standard InChI is InChI=1S/C5H14N4O/c1-7(2)5(10)9(6)8(3)4/h6H2,1-4H3. The highest BCUT2D eigenvalue weighted by Crippen LogP contribution is 1.88. The van der Waals surface area contributed by atoms with Gasteiger partial charge in [0.25, 0.3) is 0 Å². The fourth-order valence-corrected chi connectivity index (χ4v) is 0.376. The molecule has 60 valence electrons. The van der Waals surface area contributed by atoms with Crippen molar-refractivity contribution >= 4 is 6.03 Å². The van der Waals surface area contributed by atoms with Crippen LogP contribution in [0.5, 0.6) is 0 Å². The lowest BCUT2D eigenvalue weighted by atomic mass is 10.8. The van der Waals surface area contributed by atoms with E-state index in [1.807, 2.05) is 0 Å². The lowest BCUT2D eigenvalue weighted by Gasteiger charge is -2.25. The van der Waals surface area contributed by atoms with E-state index >= 15 is 0 Å². The Kier molecular flexibility index (Phi) is 3.11. The number of nitrogens with two attached hydrogens (primary N) is 1. The Morgan fingerprint density at radius 1 is 1.20 bits per heavy atom. The van der Waals surface area contributed by atoms with Crippen LogP contribution in [-0.2, 0) is 0 Å². The quantitative estimate of drug-likeness (QED) is 0.303. The van der Waals surface area contributed by atoms with Crippen molar-refractivity contribution in [3.8, 4) is 0 Å². The van der Waals surface area contributed by atoms with Gasteiger partial charge in [0, 0.05) is 28.2 Å². The summed E-state index contributed by atoms with van der Waals surface area (Å²) in [4.78, 5) is 12.4. The molecule has 0 aromatic heterocycles. The van der Waals surface area contributed by atoms with Crippen molar-refractivity contribution in [2.45, 2.75) is 0 Å². The molecule has 5 nitrogen and oxygen atoms in total. The predicted octanol–water partition coefficient (Wildman–Crippen LogP) is -0.680. The minimum atomic E-state index is -0.245. The Morgan fingerprint density at radius 2 is 1.60 bits per heavy atom. The zero-order valence-electron chi connectivity index (χ0n) is 6.83. The first-order valence-corrected chi connectivity index (χ1v) is 2.90. The van der Waals surface area contributed by atoms with Crippen LogP contribution in [0.4, 0.5) is 4.79 Å². The summed E-state index contributed by atoms with van der Waals surface area (Å²) in [6.07, 6.45) is 0. The average Bonchev–Trinajstić information content (AvgIpc) is 1.84. The van der Waals surface area contributed by atoms with Gasteiger partial charge in [-0.2, -0.15) is 5.12 Å². The maximum Gasteiger partial charge on any atom is 0.348 e. The van der Waals surface area contributed by atoms with Gasteiger partial charge in [0.15, 0.2) is 0 Å². The molecule has 0 heterocycles. The van der Waals surface area contributed by atoms with Crippen molar-refractivity contribution in [3.05, 3.63) is 0 Å². The van der Waals surface area contributed by atoms with Crippen molar-refractivity contribution in [2.24, 2.45) is 5.84 Å². The van der Waals surface area contributed by atoms with E-state index in [1.54, 1.807) is 28.2 Å². The Hall–Kier alpha value is -0.810. The van der Waals surface area contributed by atoms with E-state index in [1.165, 1.54) is 9.91 Å². The Morgan fingerprint density at radius 3 is 1.70 bits per heavy atom. The molecule has 0 rings (SSSR count). The highest BCUT2D eigenvalue weighted by atomic mass is 16.2. The minimum Gasteiger partial charge on any atom is -0.329 e. The Bertz CT molecular complexity index is 123. The second-order valence-corrected chi connectivity index (χ2v) is 2.37. The average molecular weight is 146 g/mol. The minimum absolute atomic E-state index is 0.245. The van der Waals surface area contributed by atoms with Gasteiger partial charge in [0.1, 0.15) is 0 Å². The summed E-state index contributed by atoms with van der Waals surface area (Å²) >= 11 is 0. The maximum absolute atomic E-state index is 11.0. The second kappa shape index (κ2) is 3.38. The molecule has 0 unspecified atom stereocenters. The number of hydrogen-bond acceptors (Lipinski definition) is 3. The molecule has 0 aromatic carbocycles. The zero-order chi connectivity index (χ0) is 8.31. The van der Waals surface area contributed by atoms with Crippen molar-refractivity contribution < 1.29 is 4.79 Å². The number of carbonyl (C=O) groups excluding carboxylic acids is 1. The fourth-order valence-electron chi connectivity index (χ4n) is 0.376. The van der Waals surface area contributed by atoms with E-state index < -0.39 is 0 Å². The maximum atomic E-state index is 11.0. The topological polar surface area (TPSA) is 52.8 Å². The summed E-state index contributed by atoms with van der Waals surface area (Å²) in [5.41, 5.74) is 0. The summed E-state index contributed by atoms with van der Waals surface area (Å²) < 4.78 is 0. The number of hydrogen-bond donors (Lipinski definition) is 1. The van der Waals surface area contributed by atoms with Crippen LogP contribution >= 0.6 is 0 Å². The fraction of sp³-hybridized carbons (Fsp3) is 0.800. The number of carbonyl (C=O) groups is 1. The third kappa shape index (κ3) is 2.20. The Labute approximate surface area is 60.9 Å². The van der Waals surface area contributed by atoms with E-state index in [0.29, 0.717) is 0 Å². The van der Waals surface area contributed by atoms with Gasteiger partial charge < -0.3 is 4.90 Å². The van der Waals surface area contributed by atoms with Gasteiger partial charge in [-0.3, -0.25) is 0 Å². The van der Waals surface area contributed by atoms with Gasteiger partial charge in [-0.15, -0.1) is 0 Å². The molecule has 0 aliphatic carbocycles. The molecule has 0 spiro atoms. The van der Waals surface area contributed by atoms with Gasteiger partial charge in [0.2, 0.25) is 0 Å². The van der Waals surface area contributed by atoms with E-state index in [2.05, 4.69) is 0 Å². The van der Waals surface area contributed by atoms with Gasteiger partial charge in [-0.05, 0) is 0 Å². The molecular weight excluding hydrogens is 132 g/mol. The van der Waals surface area contributed by atoms with Crippen LogP contribution in [0.2, 0.25) is 0 Å². The van der Waals surface area contributed by atoms with Crippen LogP contribution in [0.3, 0.4) is 0 Å². The van der Waals surface area contributed by atoms with Gasteiger partial charge in [-0.25, -0.2) is 15.6 Å². The highest BCUT2D eigenvalue weighted by molar-refractivity contribution is 5.72. The van der Waals surface area contributed by atoms with E-state index in [4.69, 9.17) is 5.84 Å². The Balaban J connectivity index is 3.95. The molecule has 0 aromatic rings. The molecule has 0 saturated carbocycles. The van der Waals surface area contributed by atoms with Crippen LogP contribution in [0.1, 0.15) is 0 Å². The number of amides is 2. The van der Waals surface area contributed by atoms with Crippen LogP contribution in [0.25, 0.3) is 0 Å².